The van der Waals surface area contributed by atoms with E-state index in [2.05, 4.69) is 4.90 Å². The number of aliphatic hydroxyl groups is 1. The summed E-state index contributed by atoms with van der Waals surface area (Å²) in [7, 11) is 1.49. The van der Waals surface area contributed by atoms with Gasteiger partial charge in [0.2, 0.25) is 0 Å². The summed E-state index contributed by atoms with van der Waals surface area (Å²) in [6.45, 7) is 2.62. The van der Waals surface area contributed by atoms with Crippen molar-refractivity contribution in [1.82, 2.24) is 9.80 Å². The molecular formula is C21H25F3N2O2. The second-order valence-electron chi connectivity index (χ2n) is 7.04. The molecule has 1 fully saturated rings. The van der Waals surface area contributed by atoms with Crippen molar-refractivity contribution in [2.24, 2.45) is 0 Å². The molecule has 1 saturated heterocycles. The molecule has 0 saturated carbocycles. The van der Waals surface area contributed by atoms with Gasteiger partial charge in [-0.3, -0.25) is 9.80 Å². The molecule has 0 radical (unpaired) electrons. The van der Waals surface area contributed by atoms with Crippen LogP contribution in [0, 0.1) is 17.5 Å². The summed E-state index contributed by atoms with van der Waals surface area (Å²) >= 11 is 0. The molecule has 0 aliphatic carbocycles. The Morgan fingerprint density at radius 1 is 1.04 bits per heavy atom. The summed E-state index contributed by atoms with van der Waals surface area (Å²) in [6, 6.07) is 8.98. The van der Waals surface area contributed by atoms with Crippen LogP contribution in [-0.4, -0.2) is 54.3 Å². The third-order valence-corrected chi connectivity index (χ3v) is 5.21. The highest BCUT2D eigenvalue weighted by Gasteiger charge is 2.28. The van der Waals surface area contributed by atoms with E-state index in [1.807, 2.05) is 4.90 Å². The third-order valence-electron chi connectivity index (χ3n) is 5.21. The Morgan fingerprint density at radius 3 is 2.57 bits per heavy atom. The van der Waals surface area contributed by atoms with Crippen molar-refractivity contribution < 1.29 is 23.0 Å². The molecule has 1 aliphatic heterocycles. The first-order valence-corrected chi connectivity index (χ1v) is 9.34. The minimum absolute atomic E-state index is 0.00290. The van der Waals surface area contributed by atoms with E-state index in [-0.39, 0.29) is 18.5 Å². The number of ether oxygens (including phenoxy) is 1. The first-order chi connectivity index (χ1) is 13.5. The largest absolute Gasteiger partial charge is 0.497 e. The zero-order valence-electron chi connectivity index (χ0n) is 15.9. The predicted molar refractivity (Wildman–Crippen MR) is 100 cm³/mol. The number of benzene rings is 2. The number of piperazine rings is 1. The average molecular weight is 394 g/mol. The molecule has 152 valence electrons. The van der Waals surface area contributed by atoms with Crippen LogP contribution in [0.1, 0.15) is 17.5 Å². The highest BCUT2D eigenvalue weighted by atomic mass is 19.2. The second kappa shape index (κ2) is 9.41. The first-order valence-electron chi connectivity index (χ1n) is 9.34. The van der Waals surface area contributed by atoms with E-state index in [4.69, 9.17) is 4.74 Å². The molecule has 2 aromatic rings. The average Bonchev–Trinajstić information content (AvgIpc) is 2.69. The van der Waals surface area contributed by atoms with E-state index in [0.29, 0.717) is 56.0 Å². The van der Waals surface area contributed by atoms with Crippen molar-refractivity contribution in [3.05, 3.63) is 65.0 Å². The number of hydrogen-bond acceptors (Lipinski definition) is 4. The lowest BCUT2D eigenvalue weighted by Gasteiger charge is -2.41. The lowest BCUT2D eigenvalue weighted by Crippen LogP contribution is -2.52. The van der Waals surface area contributed by atoms with Gasteiger partial charge in [0.15, 0.2) is 11.6 Å². The van der Waals surface area contributed by atoms with Gasteiger partial charge in [-0.1, -0.05) is 18.2 Å². The van der Waals surface area contributed by atoms with Gasteiger partial charge in [-0.15, -0.1) is 0 Å². The van der Waals surface area contributed by atoms with Crippen molar-refractivity contribution in [2.75, 3.05) is 33.4 Å². The van der Waals surface area contributed by atoms with Crippen LogP contribution < -0.4 is 4.74 Å². The summed E-state index contributed by atoms with van der Waals surface area (Å²) in [5.74, 6) is -1.52. The second-order valence-corrected chi connectivity index (χ2v) is 7.04. The predicted octanol–water partition coefficient (Wildman–Crippen LogP) is 3.18. The molecule has 1 unspecified atom stereocenters. The Hall–Kier alpha value is -2.09. The number of nitrogens with zero attached hydrogens (tertiary/aromatic N) is 2. The molecule has 0 spiro atoms. The Balaban J connectivity index is 1.68. The van der Waals surface area contributed by atoms with Crippen molar-refractivity contribution in [1.29, 1.82) is 0 Å². The zero-order valence-corrected chi connectivity index (χ0v) is 15.9. The van der Waals surface area contributed by atoms with Crippen LogP contribution in [0.3, 0.4) is 0 Å². The van der Waals surface area contributed by atoms with Crippen LogP contribution in [0.25, 0.3) is 0 Å². The van der Waals surface area contributed by atoms with E-state index in [0.717, 1.165) is 6.07 Å². The molecule has 1 aliphatic rings. The van der Waals surface area contributed by atoms with Gasteiger partial charge in [0.05, 0.1) is 7.11 Å². The van der Waals surface area contributed by atoms with Crippen molar-refractivity contribution in [3.8, 4) is 5.75 Å². The van der Waals surface area contributed by atoms with Crippen LogP contribution in [-0.2, 0) is 13.1 Å². The van der Waals surface area contributed by atoms with Crippen LogP contribution in [0.15, 0.2) is 36.4 Å². The fraction of sp³-hybridized carbons (Fsp3) is 0.429. The van der Waals surface area contributed by atoms with E-state index in [9.17, 15) is 18.3 Å². The molecular weight excluding hydrogens is 369 g/mol. The monoisotopic (exact) mass is 394 g/mol. The Morgan fingerprint density at radius 2 is 1.86 bits per heavy atom. The SMILES string of the molecule is COc1ccc(CN2CCN(Cc3cccc(F)c3F)CC2CCO)c(F)c1. The minimum atomic E-state index is -0.849. The normalized spacial score (nSPS) is 18.4. The molecule has 0 bridgehead atoms. The van der Waals surface area contributed by atoms with Crippen LogP contribution >= 0.6 is 0 Å². The van der Waals surface area contributed by atoms with E-state index in [1.54, 1.807) is 18.2 Å². The molecule has 3 rings (SSSR count). The van der Waals surface area contributed by atoms with Crippen LogP contribution in [0.5, 0.6) is 5.75 Å². The number of halogens is 3. The van der Waals surface area contributed by atoms with E-state index >= 15 is 0 Å². The van der Waals surface area contributed by atoms with Crippen LogP contribution in [0.2, 0.25) is 0 Å². The lowest BCUT2D eigenvalue weighted by molar-refractivity contribution is 0.0487. The number of hydrogen-bond donors (Lipinski definition) is 1. The fourth-order valence-electron chi connectivity index (χ4n) is 3.65. The minimum Gasteiger partial charge on any atom is -0.497 e. The van der Waals surface area contributed by atoms with E-state index < -0.39 is 11.6 Å². The maximum absolute atomic E-state index is 14.3. The van der Waals surface area contributed by atoms with Gasteiger partial charge in [0.1, 0.15) is 11.6 Å². The molecule has 4 nitrogen and oxygen atoms in total. The molecule has 1 atom stereocenters. The quantitative estimate of drug-likeness (QED) is 0.783. The third kappa shape index (κ3) is 4.84. The van der Waals surface area contributed by atoms with Gasteiger partial charge < -0.3 is 9.84 Å². The molecule has 0 aromatic heterocycles. The molecule has 1 heterocycles. The van der Waals surface area contributed by atoms with Crippen molar-refractivity contribution in [2.45, 2.75) is 25.6 Å². The molecule has 28 heavy (non-hydrogen) atoms. The Labute approximate surface area is 163 Å². The highest BCUT2D eigenvalue weighted by Crippen LogP contribution is 2.23. The number of methoxy groups -OCH3 is 1. The summed E-state index contributed by atoms with van der Waals surface area (Å²) in [4.78, 5) is 4.17. The first kappa shape index (κ1) is 20.6. The fourth-order valence-corrected chi connectivity index (χ4v) is 3.65. The topological polar surface area (TPSA) is 35.9 Å². The Bertz CT molecular complexity index is 803. The van der Waals surface area contributed by atoms with E-state index in [1.165, 1.54) is 19.2 Å². The maximum atomic E-state index is 14.3. The van der Waals surface area contributed by atoms with Crippen LogP contribution in [0.4, 0.5) is 13.2 Å². The summed E-state index contributed by atoms with van der Waals surface area (Å²) in [6.07, 6.45) is 0.528. The van der Waals surface area contributed by atoms with Gasteiger partial charge in [-0.25, -0.2) is 13.2 Å². The zero-order chi connectivity index (χ0) is 20.1. The molecule has 0 amide bonds. The van der Waals surface area contributed by atoms with Gasteiger partial charge in [-0.2, -0.15) is 0 Å². The van der Waals surface area contributed by atoms with Gasteiger partial charge >= 0.3 is 0 Å². The van der Waals surface area contributed by atoms with Crippen molar-refractivity contribution >= 4 is 0 Å². The Kier molecular flexibility index (Phi) is 6.93. The van der Waals surface area contributed by atoms with Crippen molar-refractivity contribution in [3.63, 3.8) is 0 Å². The number of aliphatic hydroxyl groups excluding tert-OH is 1. The van der Waals surface area contributed by atoms with Gasteiger partial charge in [0.25, 0.3) is 0 Å². The summed E-state index contributed by atoms with van der Waals surface area (Å²) in [5, 5.41) is 9.44. The molecule has 1 N–H and O–H groups in total. The standard InChI is InChI=1S/C21H25F3N2O2/c1-28-18-6-5-15(20(23)11-18)13-26-9-8-25(14-17(26)7-10-27)12-16-3-2-4-19(22)21(16)24/h2-6,11,17,27H,7-10,12-14H2,1H3. The van der Waals surface area contributed by atoms with Gasteiger partial charge in [-0.05, 0) is 18.6 Å². The molecule has 7 heteroatoms. The highest BCUT2D eigenvalue weighted by molar-refractivity contribution is 5.29. The molecule has 2 aromatic carbocycles. The van der Waals surface area contributed by atoms with Gasteiger partial charge in [0, 0.05) is 62.6 Å². The summed E-state index contributed by atoms with van der Waals surface area (Å²) < 4.78 is 46.8. The summed E-state index contributed by atoms with van der Waals surface area (Å²) in [5.41, 5.74) is 0.880. The lowest BCUT2D eigenvalue weighted by atomic mass is 10.1. The number of rotatable bonds is 7. The smallest absolute Gasteiger partial charge is 0.163 e. The maximum Gasteiger partial charge on any atom is 0.163 e.